The second-order valence-electron chi connectivity index (χ2n) is 5.41. The van der Waals surface area contributed by atoms with E-state index in [1.54, 1.807) is 27.8 Å². The van der Waals surface area contributed by atoms with Crippen molar-refractivity contribution in [2.75, 3.05) is 0 Å². The number of aromatic nitrogens is 4. The van der Waals surface area contributed by atoms with Crippen LogP contribution in [-0.2, 0) is 12.3 Å². The molecule has 4 aromatic rings. The van der Waals surface area contributed by atoms with Crippen LogP contribution < -0.4 is 0 Å². The molecule has 0 radical (unpaired) electrons. The van der Waals surface area contributed by atoms with Crippen molar-refractivity contribution in [2.24, 2.45) is 0 Å². The molecule has 4 rings (SSSR count). The fourth-order valence-corrected chi connectivity index (χ4v) is 4.42. The van der Waals surface area contributed by atoms with Gasteiger partial charge in [0.15, 0.2) is 4.34 Å². The molecular weight excluding hydrogens is 350 g/mol. The summed E-state index contributed by atoms with van der Waals surface area (Å²) >= 11 is 3.36. The van der Waals surface area contributed by atoms with E-state index >= 15 is 0 Å². The van der Waals surface area contributed by atoms with Crippen LogP contribution in [0.25, 0.3) is 10.2 Å². The van der Waals surface area contributed by atoms with Gasteiger partial charge in [0.1, 0.15) is 0 Å². The van der Waals surface area contributed by atoms with Crippen molar-refractivity contribution >= 4 is 33.3 Å². The Kier molecular flexibility index (Phi) is 4.46. The smallest absolute Gasteiger partial charge is 0.151 e. The molecule has 0 bridgehead atoms. The Morgan fingerprint density at radius 1 is 1.12 bits per heavy atom. The van der Waals surface area contributed by atoms with E-state index in [1.165, 1.54) is 4.70 Å². The molecule has 2 aromatic heterocycles. The maximum atomic E-state index is 9.17. The Balaban J connectivity index is 1.43. The van der Waals surface area contributed by atoms with Gasteiger partial charge < -0.3 is 0 Å². The number of nitrogens with zero attached hydrogens (tertiary/aromatic N) is 5. The van der Waals surface area contributed by atoms with Crippen molar-refractivity contribution in [2.45, 2.75) is 16.6 Å². The number of fused-ring (bicyclic) bond motifs is 1. The summed E-state index contributed by atoms with van der Waals surface area (Å²) in [5, 5.41) is 17.6. The fraction of sp³-hybridized carbons (Fsp3) is 0.111. The Hall–Kier alpha value is -2.69. The van der Waals surface area contributed by atoms with Crippen molar-refractivity contribution in [3.63, 3.8) is 0 Å². The zero-order valence-corrected chi connectivity index (χ0v) is 14.8. The minimum Gasteiger partial charge on any atom is -0.248 e. The lowest BCUT2D eigenvalue weighted by Crippen LogP contribution is -2.02. The summed E-state index contributed by atoms with van der Waals surface area (Å²) in [5.41, 5.74) is 3.55. The largest absolute Gasteiger partial charge is 0.248 e. The number of thioether (sulfide) groups is 1. The predicted octanol–water partition coefficient (Wildman–Crippen LogP) is 4.10. The maximum absolute atomic E-state index is 9.17. The van der Waals surface area contributed by atoms with Crippen molar-refractivity contribution in [1.82, 2.24) is 20.0 Å². The van der Waals surface area contributed by atoms with Gasteiger partial charge in [-0.2, -0.15) is 5.26 Å². The Labute approximate surface area is 152 Å². The summed E-state index contributed by atoms with van der Waals surface area (Å²) in [6, 6.07) is 17.9. The first kappa shape index (κ1) is 15.8. The molecule has 5 nitrogen and oxygen atoms in total. The highest BCUT2D eigenvalue weighted by Gasteiger charge is 2.08. The Morgan fingerprint density at radius 2 is 1.96 bits per heavy atom. The third-order valence-corrected chi connectivity index (χ3v) is 5.89. The van der Waals surface area contributed by atoms with E-state index in [2.05, 4.69) is 27.4 Å². The summed E-state index contributed by atoms with van der Waals surface area (Å²) in [5.74, 6) is 0.722. The molecule has 0 aliphatic rings. The van der Waals surface area contributed by atoms with Gasteiger partial charge in [-0.25, -0.2) is 9.67 Å². The summed E-state index contributed by atoms with van der Waals surface area (Å²) in [6.45, 7) is 0.544. The van der Waals surface area contributed by atoms with E-state index in [0.717, 1.165) is 26.9 Å². The van der Waals surface area contributed by atoms with E-state index in [4.69, 9.17) is 5.26 Å². The van der Waals surface area contributed by atoms with Gasteiger partial charge >= 0.3 is 0 Å². The van der Waals surface area contributed by atoms with Crippen LogP contribution in [0, 0.1) is 11.3 Å². The van der Waals surface area contributed by atoms with Crippen molar-refractivity contribution in [3.8, 4) is 6.07 Å². The molecule has 0 unspecified atom stereocenters. The van der Waals surface area contributed by atoms with Gasteiger partial charge in [-0.05, 0) is 23.8 Å². The number of para-hydroxylation sites is 1. The van der Waals surface area contributed by atoms with Gasteiger partial charge in [0.2, 0.25) is 0 Å². The van der Waals surface area contributed by atoms with Crippen LogP contribution in [0.3, 0.4) is 0 Å². The summed E-state index contributed by atoms with van der Waals surface area (Å²) in [6.07, 6.45) is 1.93. The first-order valence-corrected chi connectivity index (χ1v) is 9.47. The van der Waals surface area contributed by atoms with E-state index in [9.17, 15) is 0 Å². The lowest BCUT2D eigenvalue weighted by molar-refractivity contribution is 0.648. The van der Waals surface area contributed by atoms with Crippen molar-refractivity contribution in [1.29, 1.82) is 5.26 Å². The standard InChI is InChI=1S/C18H13N5S2/c19-9-13-5-1-2-6-14(13)10-23-11-15(21-22-23)12-24-18-20-16-7-3-4-8-17(16)25-18/h1-8,11H,10,12H2. The van der Waals surface area contributed by atoms with Gasteiger partial charge in [0.05, 0.1) is 34.1 Å². The number of hydrogen-bond acceptors (Lipinski definition) is 6. The quantitative estimate of drug-likeness (QED) is 0.499. The van der Waals surface area contributed by atoms with Gasteiger partial charge in [-0.1, -0.05) is 47.3 Å². The zero-order valence-electron chi connectivity index (χ0n) is 13.2. The van der Waals surface area contributed by atoms with Gasteiger partial charge in [-0.3, -0.25) is 0 Å². The first-order valence-electron chi connectivity index (χ1n) is 7.67. The number of hydrogen-bond donors (Lipinski definition) is 0. The summed E-state index contributed by atoms with van der Waals surface area (Å²) in [7, 11) is 0. The molecule has 0 fully saturated rings. The molecule has 2 heterocycles. The highest BCUT2D eigenvalue weighted by Crippen LogP contribution is 2.30. The van der Waals surface area contributed by atoms with Crippen molar-refractivity contribution < 1.29 is 0 Å². The van der Waals surface area contributed by atoms with E-state index < -0.39 is 0 Å². The summed E-state index contributed by atoms with van der Waals surface area (Å²) < 4.78 is 4.00. The van der Waals surface area contributed by atoms with Crippen LogP contribution in [0.4, 0.5) is 0 Å². The SMILES string of the molecule is N#Cc1ccccc1Cn1cc(CSc2nc3ccccc3s2)nn1. The molecule has 0 aliphatic heterocycles. The van der Waals surface area contributed by atoms with Crippen molar-refractivity contribution in [3.05, 3.63) is 71.5 Å². The molecular formula is C18H13N5S2. The number of nitriles is 1. The van der Waals surface area contributed by atoms with Crippen LogP contribution in [0.1, 0.15) is 16.8 Å². The first-order chi connectivity index (χ1) is 12.3. The van der Waals surface area contributed by atoms with Crippen LogP contribution in [0.15, 0.2) is 59.1 Å². The minimum absolute atomic E-state index is 0.544. The van der Waals surface area contributed by atoms with E-state index in [-0.39, 0.29) is 0 Å². The maximum Gasteiger partial charge on any atom is 0.151 e. The van der Waals surface area contributed by atoms with Crippen LogP contribution in [-0.4, -0.2) is 20.0 Å². The fourth-order valence-electron chi connectivity index (χ4n) is 2.47. The molecule has 7 heteroatoms. The normalized spacial score (nSPS) is 10.8. The molecule has 0 N–H and O–H groups in total. The lowest BCUT2D eigenvalue weighted by Gasteiger charge is -2.02. The predicted molar refractivity (Wildman–Crippen MR) is 99.5 cm³/mol. The highest BCUT2D eigenvalue weighted by molar-refractivity contribution is 8.00. The van der Waals surface area contributed by atoms with Gasteiger partial charge in [0, 0.05) is 11.9 Å². The van der Waals surface area contributed by atoms with Crippen LogP contribution >= 0.6 is 23.1 Å². The van der Waals surface area contributed by atoms with E-state index in [0.29, 0.717) is 12.1 Å². The Morgan fingerprint density at radius 3 is 2.84 bits per heavy atom. The molecule has 122 valence electrons. The third-order valence-electron chi connectivity index (χ3n) is 3.67. The average molecular weight is 363 g/mol. The van der Waals surface area contributed by atoms with Crippen LogP contribution in [0.5, 0.6) is 0 Å². The van der Waals surface area contributed by atoms with Crippen LogP contribution in [0.2, 0.25) is 0 Å². The second kappa shape index (κ2) is 7.05. The molecule has 25 heavy (non-hydrogen) atoms. The molecule has 0 amide bonds. The topological polar surface area (TPSA) is 67.4 Å². The van der Waals surface area contributed by atoms with E-state index in [1.807, 2.05) is 48.7 Å². The number of benzene rings is 2. The molecule has 0 spiro atoms. The number of rotatable bonds is 5. The Bertz CT molecular complexity index is 1030. The molecule has 2 aromatic carbocycles. The number of thiazole rings is 1. The average Bonchev–Trinajstić information content (AvgIpc) is 3.26. The van der Waals surface area contributed by atoms with Gasteiger partial charge in [0.25, 0.3) is 0 Å². The lowest BCUT2D eigenvalue weighted by atomic mass is 10.1. The summed E-state index contributed by atoms with van der Waals surface area (Å²) in [4.78, 5) is 4.62. The zero-order chi connectivity index (χ0) is 17.1. The monoisotopic (exact) mass is 363 g/mol. The minimum atomic E-state index is 0.544. The molecule has 0 aliphatic carbocycles. The third kappa shape index (κ3) is 3.55. The van der Waals surface area contributed by atoms with Gasteiger partial charge in [-0.15, -0.1) is 16.4 Å². The highest BCUT2D eigenvalue weighted by atomic mass is 32.2. The molecule has 0 atom stereocenters. The molecule has 0 saturated carbocycles. The second-order valence-corrected chi connectivity index (χ2v) is 7.67. The molecule has 0 saturated heterocycles.